The number of aryl methyl sites for hydroxylation is 1. The first kappa shape index (κ1) is 19.2. The third kappa shape index (κ3) is 4.95. The van der Waals surface area contributed by atoms with E-state index in [1.54, 1.807) is 0 Å². The summed E-state index contributed by atoms with van der Waals surface area (Å²) in [6, 6.07) is 5.94. The van der Waals surface area contributed by atoms with Gasteiger partial charge in [-0.25, -0.2) is 9.48 Å². The predicted octanol–water partition coefficient (Wildman–Crippen LogP) is 2.25. The van der Waals surface area contributed by atoms with Crippen molar-refractivity contribution in [2.75, 3.05) is 35.7 Å². The van der Waals surface area contributed by atoms with Gasteiger partial charge in [-0.05, 0) is 44.5 Å². The molecule has 1 aromatic carbocycles. The molecule has 26 heavy (non-hydrogen) atoms. The van der Waals surface area contributed by atoms with Gasteiger partial charge in [0.2, 0.25) is 5.91 Å². The second kappa shape index (κ2) is 8.84. The second-order valence-corrected chi connectivity index (χ2v) is 5.64. The minimum atomic E-state index is -0.648. The Kier molecular flexibility index (Phi) is 6.54. The molecule has 0 aliphatic heterocycles. The molecule has 2 N–H and O–H groups in total. The van der Waals surface area contributed by atoms with Crippen LogP contribution in [0, 0.1) is 6.92 Å². The van der Waals surface area contributed by atoms with Gasteiger partial charge in [-0.15, -0.1) is 5.10 Å². The summed E-state index contributed by atoms with van der Waals surface area (Å²) in [6.07, 6.45) is 0.803. The Hall–Kier alpha value is -3.10. The van der Waals surface area contributed by atoms with E-state index in [9.17, 15) is 9.59 Å². The van der Waals surface area contributed by atoms with Gasteiger partial charge in [0, 0.05) is 24.5 Å². The van der Waals surface area contributed by atoms with Gasteiger partial charge in [0.1, 0.15) is 6.54 Å². The summed E-state index contributed by atoms with van der Waals surface area (Å²) in [5.74, 6) is -0.0254. The lowest BCUT2D eigenvalue weighted by Crippen LogP contribution is -2.22. The number of nitrogens with zero attached hydrogens (tertiary/aromatic N) is 4. The highest BCUT2D eigenvalue weighted by molar-refractivity contribution is 5.91. The van der Waals surface area contributed by atoms with Crippen molar-refractivity contribution in [2.45, 2.75) is 27.3 Å². The van der Waals surface area contributed by atoms with Crippen molar-refractivity contribution in [1.82, 2.24) is 15.0 Å². The Morgan fingerprint density at radius 2 is 1.96 bits per heavy atom. The Morgan fingerprint density at radius 1 is 1.23 bits per heavy atom. The van der Waals surface area contributed by atoms with Crippen molar-refractivity contribution in [1.29, 1.82) is 0 Å². The number of benzene rings is 1. The molecule has 0 atom stereocenters. The number of carbonyl (C=O) groups is 2. The lowest BCUT2D eigenvalue weighted by atomic mass is 10.1. The summed E-state index contributed by atoms with van der Waals surface area (Å²) < 4.78 is 5.80. The monoisotopic (exact) mass is 360 g/mol. The average molecular weight is 360 g/mol. The average Bonchev–Trinajstić information content (AvgIpc) is 3.04. The van der Waals surface area contributed by atoms with Crippen LogP contribution >= 0.6 is 0 Å². The maximum Gasteiger partial charge on any atom is 0.412 e. The van der Waals surface area contributed by atoms with E-state index < -0.39 is 6.09 Å². The van der Waals surface area contributed by atoms with E-state index in [1.165, 1.54) is 18.0 Å². The lowest BCUT2D eigenvalue weighted by molar-refractivity contribution is -0.116. The molecule has 9 nitrogen and oxygen atoms in total. The normalized spacial score (nSPS) is 10.3. The first-order valence-corrected chi connectivity index (χ1v) is 8.37. The number of amides is 2. The van der Waals surface area contributed by atoms with Gasteiger partial charge in [0.05, 0.1) is 13.3 Å². The van der Waals surface area contributed by atoms with Crippen molar-refractivity contribution < 1.29 is 14.3 Å². The summed E-state index contributed by atoms with van der Waals surface area (Å²) in [7, 11) is 1.25. The van der Waals surface area contributed by atoms with Gasteiger partial charge >= 0.3 is 6.09 Å². The Morgan fingerprint density at radius 3 is 2.58 bits per heavy atom. The number of carbonyl (C=O) groups excluding carboxylic acids is 2. The van der Waals surface area contributed by atoms with E-state index in [4.69, 9.17) is 0 Å². The number of anilines is 3. The van der Waals surface area contributed by atoms with Crippen LogP contribution in [0.25, 0.3) is 0 Å². The maximum absolute atomic E-state index is 12.2. The van der Waals surface area contributed by atoms with Crippen LogP contribution < -0.4 is 15.5 Å². The van der Waals surface area contributed by atoms with Gasteiger partial charge in [0.25, 0.3) is 0 Å². The maximum atomic E-state index is 12.2. The lowest BCUT2D eigenvalue weighted by Gasteiger charge is -2.22. The highest BCUT2D eigenvalue weighted by Crippen LogP contribution is 2.22. The summed E-state index contributed by atoms with van der Waals surface area (Å²) in [6.45, 7) is 8.00. The van der Waals surface area contributed by atoms with Crippen LogP contribution in [-0.2, 0) is 16.1 Å². The molecule has 0 unspecified atom stereocenters. The SMILES string of the molecule is CCN(CC)c1ccc(NC(=O)Cn2cc(NC(=O)OC)nn2)c(C)c1. The van der Waals surface area contributed by atoms with Crippen molar-refractivity contribution in [3.8, 4) is 0 Å². The predicted molar refractivity (Wildman–Crippen MR) is 99.4 cm³/mol. The summed E-state index contributed by atoms with van der Waals surface area (Å²) in [4.78, 5) is 25.6. The fraction of sp³-hybridized carbons (Fsp3) is 0.412. The number of methoxy groups -OCH3 is 1. The molecule has 140 valence electrons. The number of nitrogens with one attached hydrogen (secondary N) is 2. The van der Waals surface area contributed by atoms with Gasteiger partial charge in [-0.1, -0.05) is 5.21 Å². The molecule has 0 aliphatic carbocycles. The van der Waals surface area contributed by atoms with Crippen LogP contribution in [0.4, 0.5) is 22.0 Å². The number of ether oxygens (including phenoxy) is 1. The third-order valence-corrected chi connectivity index (χ3v) is 3.87. The molecule has 2 amide bonds. The molecule has 1 aromatic heterocycles. The van der Waals surface area contributed by atoms with Crippen molar-refractivity contribution in [3.63, 3.8) is 0 Å². The molecule has 2 rings (SSSR count). The van der Waals surface area contributed by atoms with Crippen molar-refractivity contribution in [3.05, 3.63) is 30.0 Å². The zero-order valence-corrected chi connectivity index (χ0v) is 15.4. The standard InChI is InChI=1S/C17H24N6O3/c1-5-22(6-2)13-7-8-14(12(3)9-13)18-16(24)11-23-10-15(20-21-23)19-17(25)26-4/h7-10H,5-6,11H2,1-4H3,(H,18,24)(H,19,25). The van der Waals surface area contributed by atoms with E-state index in [-0.39, 0.29) is 18.3 Å². The zero-order valence-electron chi connectivity index (χ0n) is 15.4. The van der Waals surface area contributed by atoms with Gasteiger partial charge < -0.3 is 15.0 Å². The van der Waals surface area contributed by atoms with Crippen molar-refractivity contribution in [2.24, 2.45) is 0 Å². The van der Waals surface area contributed by atoms with Crippen LogP contribution in [0.15, 0.2) is 24.4 Å². The first-order chi connectivity index (χ1) is 12.5. The smallest absolute Gasteiger partial charge is 0.412 e. The molecule has 9 heteroatoms. The zero-order chi connectivity index (χ0) is 19.1. The van der Waals surface area contributed by atoms with Gasteiger partial charge in [-0.2, -0.15) is 0 Å². The molecule has 0 fully saturated rings. The highest BCUT2D eigenvalue weighted by Gasteiger charge is 2.11. The number of hydrogen-bond donors (Lipinski definition) is 2. The molecule has 0 radical (unpaired) electrons. The van der Waals surface area contributed by atoms with Crippen LogP contribution in [0.1, 0.15) is 19.4 Å². The molecule has 0 spiro atoms. The second-order valence-electron chi connectivity index (χ2n) is 5.64. The topological polar surface area (TPSA) is 101 Å². The molecule has 0 bridgehead atoms. The fourth-order valence-electron chi connectivity index (χ4n) is 2.50. The molecule has 0 saturated carbocycles. The largest absolute Gasteiger partial charge is 0.453 e. The van der Waals surface area contributed by atoms with E-state index in [0.29, 0.717) is 0 Å². The molecular formula is C17H24N6O3. The summed E-state index contributed by atoms with van der Waals surface area (Å²) in [5.41, 5.74) is 2.86. The fourth-order valence-corrected chi connectivity index (χ4v) is 2.50. The minimum Gasteiger partial charge on any atom is -0.453 e. The summed E-state index contributed by atoms with van der Waals surface area (Å²) in [5, 5.41) is 12.8. The van der Waals surface area contributed by atoms with Gasteiger partial charge in [-0.3, -0.25) is 10.1 Å². The Balaban J connectivity index is 1.98. The molecule has 0 saturated heterocycles. The molecular weight excluding hydrogens is 336 g/mol. The highest BCUT2D eigenvalue weighted by atomic mass is 16.5. The molecule has 0 aliphatic rings. The minimum absolute atomic E-state index is 0.0207. The van der Waals surface area contributed by atoms with Crippen LogP contribution in [-0.4, -0.2) is 47.2 Å². The first-order valence-electron chi connectivity index (χ1n) is 8.37. The Bertz CT molecular complexity index is 770. The molecule has 2 aromatic rings. The van der Waals surface area contributed by atoms with Crippen molar-refractivity contribution >= 4 is 29.2 Å². The number of rotatable bonds is 7. The summed E-state index contributed by atoms with van der Waals surface area (Å²) >= 11 is 0. The van der Waals surface area contributed by atoms with E-state index in [0.717, 1.165) is 30.0 Å². The quantitative estimate of drug-likeness (QED) is 0.785. The van der Waals surface area contributed by atoms with Crippen LogP contribution in [0.3, 0.4) is 0 Å². The van der Waals surface area contributed by atoms with Crippen LogP contribution in [0.2, 0.25) is 0 Å². The number of aromatic nitrogens is 3. The molecule has 1 heterocycles. The Labute approximate surface area is 152 Å². The number of hydrogen-bond acceptors (Lipinski definition) is 6. The van der Waals surface area contributed by atoms with Gasteiger partial charge in [0.15, 0.2) is 5.82 Å². The third-order valence-electron chi connectivity index (χ3n) is 3.87. The van der Waals surface area contributed by atoms with Crippen LogP contribution in [0.5, 0.6) is 0 Å². The van der Waals surface area contributed by atoms with E-state index in [2.05, 4.69) is 50.5 Å². The van der Waals surface area contributed by atoms with E-state index in [1.807, 2.05) is 19.1 Å². The van der Waals surface area contributed by atoms with E-state index >= 15 is 0 Å².